The van der Waals surface area contributed by atoms with Gasteiger partial charge in [0.2, 0.25) is 4.96 Å². The molecule has 0 N–H and O–H groups in total. The van der Waals surface area contributed by atoms with Crippen molar-refractivity contribution in [1.82, 2.24) is 14.6 Å². The predicted molar refractivity (Wildman–Crippen MR) is 101 cm³/mol. The van der Waals surface area contributed by atoms with E-state index in [0.717, 1.165) is 15.6 Å². The summed E-state index contributed by atoms with van der Waals surface area (Å²) in [5.74, 6) is 0.525. The molecule has 2 heterocycles. The molecule has 0 aliphatic heterocycles. The van der Waals surface area contributed by atoms with Gasteiger partial charge in [0.25, 0.3) is 5.56 Å². The van der Waals surface area contributed by atoms with E-state index in [0.29, 0.717) is 20.3 Å². The highest BCUT2D eigenvalue weighted by Gasteiger charge is 2.14. The van der Waals surface area contributed by atoms with Gasteiger partial charge in [0.1, 0.15) is 0 Å². The number of fused-ring (bicyclic) bond motifs is 1. The summed E-state index contributed by atoms with van der Waals surface area (Å²) < 4.78 is 3.12. The van der Waals surface area contributed by atoms with Gasteiger partial charge in [-0.15, -0.1) is 10.2 Å². The molecule has 2 aromatic heterocycles. The van der Waals surface area contributed by atoms with E-state index in [2.05, 4.69) is 26.1 Å². The van der Waals surface area contributed by atoms with Gasteiger partial charge in [0.15, 0.2) is 5.82 Å². The SMILES string of the molecule is O=c1/c(=C/c2cccc(Br)c2)sc2nnc(-c3ccc(Cl)cc3)n12. The summed E-state index contributed by atoms with van der Waals surface area (Å²) in [4.78, 5) is 13.3. The van der Waals surface area contributed by atoms with Crippen molar-refractivity contribution in [2.75, 3.05) is 0 Å². The average molecular weight is 419 g/mol. The van der Waals surface area contributed by atoms with Crippen LogP contribution in [0.3, 0.4) is 0 Å². The lowest BCUT2D eigenvalue weighted by atomic mass is 10.2. The van der Waals surface area contributed by atoms with E-state index in [9.17, 15) is 4.79 Å². The number of aromatic nitrogens is 3. The Kier molecular flexibility index (Phi) is 3.96. The Labute approximate surface area is 154 Å². The summed E-state index contributed by atoms with van der Waals surface area (Å²) in [6.07, 6.45) is 1.86. The maximum absolute atomic E-state index is 12.8. The lowest BCUT2D eigenvalue weighted by molar-refractivity contribution is 1.09. The molecule has 4 aromatic rings. The minimum atomic E-state index is -0.120. The van der Waals surface area contributed by atoms with Crippen LogP contribution in [0, 0.1) is 0 Å². The molecule has 2 aromatic carbocycles. The second kappa shape index (κ2) is 6.12. The number of thiazole rings is 1. The third-order valence-corrected chi connectivity index (χ3v) is 5.20. The molecule has 0 unspecified atom stereocenters. The fourth-order valence-electron chi connectivity index (χ4n) is 2.40. The summed E-state index contributed by atoms with van der Waals surface area (Å²) in [6, 6.07) is 15.0. The van der Waals surface area contributed by atoms with Crippen molar-refractivity contribution in [3.05, 3.63) is 78.5 Å². The molecule has 24 heavy (non-hydrogen) atoms. The number of nitrogens with zero attached hydrogens (tertiary/aromatic N) is 3. The van der Waals surface area contributed by atoms with Crippen LogP contribution >= 0.6 is 38.9 Å². The van der Waals surface area contributed by atoms with E-state index < -0.39 is 0 Å². The fraction of sp³-hybridized carbons (Fsp3) is 0. The molecule has 0 aliphatic rings. The molecular formula is C17H9BrClN3OS. The van der Waals surface area contributed by atoms with Gasteiger partial charge >= 0.3 is 0 Å². The van der Waals surface area contributed by atoms with E-state index in [1.54, 1.807) is 12.1 Å². The summed E-state index contributed by atoms with van der Waals surface area (Å²) in [5, 5.41) is 8.90. The van der Waals surface area contributed by atoms with Crippen molar-refractivity contribution in [2.45, 2.75) is 0 Å². The molecule has 0 fully saturated rings. The van der Waals surface area contributed by atoms with Gasteiger partial charge in [-0.1, -0.05) is 51.0 Å². The Hall–Kier alpha value is -2.02. The minimum Gasteiger partial charge on any atom is -0.267 e. The van der Waals surface area contributed by atoms with Crippen molar-refractivity contribution in [3.63, 3.8) is 0 Å². The Morgan fingerprint density at radius 1 is 1.12 bits per heavy atom. The van der Waals surface area contributed by atoms with Gasteiger partial charge in [-0.3, -0.25) is 4.79 Å². The molecule has 0 bridgehead atoms. The molecule has 0 saturated carbocycles. The molecule has 0 saturated heterocycles. The zero-order chi connectivity index (χ0) is 16.7. The number of halogens is 2. The van der Waals surface area contributed by atoms with E-state index in [-0.39, 0.29) is 5.56 Å². The first-order chi connectivity index (χ1) is 11.6. The maximum atomic E-state index is 12.8. The monoisotopic (exact) mass is 417 g/mol. The van der Waals surface area contributed by atoms with Crippen LogP contribution < -0.4 is 10.1 Å². The van der Waals surface area contributed by atoms with E-state index in [1.165, 1.54) is 15.7 Å². The molecule has 0 aliphatic carbocycles. The zero-order valence-corrected chi connectivity index (χ0v) is 15.3. The smallest absolute Gasteiger partial charge is 0.267 e. The molecule has 0 amide bonds. The Morgan fingerprint density at radius 2 is 1.92 bits per heavy atom. The van der Waals surface area contributed by atoms with Crippen LogP contribution in [0.15, 0.2) is 57.8 Å². The standard InChI is InChI=1S/C17H9BrClN3OS/c18-12-3-1-2-10(8-12)9-14-16(23)22-15(20-21-17(22)24-14)11-4-6-13(19)7-5-11/h1-9H/b14-9-. The van der Waals surface area contributed by atoms with Gasteiger partial charge < -0.3 is 0 Å². The van der Waals surface area contributed by atoms with Crippen molar-refractivity contribution in [3.8, 4) is 11.4 Å². The van der Waals surface area contributed by atoms with Gasteiger partial charge in [-0.2, -0.15) is 0 Å². The van der Waals surface area contributed by atoms with Crippen LogP contribution in [0.4, 0.5) is 0 Å². The van der Waals surface area contributed by atoms with Gasteiger partial charge in [0.05, 0.1) is 4.53 Å². The fourth-order valence-corrected chi connectivity index (χ4v) is 3.85. The summed E-state index contributed by atoms with van der Waals surface area (Å²) in [7, 11) is 0. The second-order valence-electron chi connectivity index (χ2n) is 5.12. The number of benzene rings is 2. The first-order valence-electron chi connectivity index (χ1n) is 7.03. The highest BCUT2D eigenvalue weighted by Crippen LogP contribution is 2.20. The maximum Gasteiger partial charge on any atom is 0.276 e. The van der Waals surface area contributed by atoms with E-state index in [1.807, 2.05) is 42.5 Å². The molecular weight excluding hydrogens is 410 g/mol. The van der Waals surface area contributed by atoms with Crippen LogP contribution in [-0.2, 0) is 0 Å². The number of hydrogen-bond donors (Lipinski definition) is 0. The Bertz CT molecular complexity index is 1150. The lowest BCUT2D eigenvalue weighted by Gasteiger charge is -1.96. The zero-order valence-electron chi connectivity index (χ0n) is 12.1. The Balaban J connectivity index is 1.91. The van der Waals surface area contributed by atoms with Crippen LogP contribution in [0.5, 0.6) is 0 Å². The molecule has 118 valence electrons. The highest BCUT2D eigenvalue weighted by atomic mass is 79.9. The van der Waals surface area contributed by atoms with Crippen molar-refractivity contribution < 1.29 is 0 Å². The van der Waals surface area contributed by atoms with Crippen LogP contribution in [0.25, 0.3) is 22.4 Å². The normalized spacial score (nSPS) is 12.2. The summed E-state index contributed by atoms with van der Waals surface area (Å²) in [5.41, 5.74) is 1.63. The third kappa shape index (κ3) is 2.77. The lowest BCUT2D eigenvalue weighted by Crippen LogP contribution is -2.23. The molecule has 0 radical (unpaired) electrons. The minimum absolute atomic E-state index is 0.120. The summed E-state index contributed by atoms with van der Waals surface area (Å²) >= 11 is 10.7. The van der Waals surface area contributed by atoms with E-state index in [4.69, 9.17) is 11.6 Å². The van der Waals surface area contributed by atoms with Crippen molar-refractivity contribution in [2.24, 2.45) is 0 Å². The van der Waals surface area contributed by atoms with E-state index >= 15 is 0 Å². The highest BCUT2D eigenvalue weighted by molar-refractivity contribution is 9.10. The molecule has 0 spiro atoms. The van der Waals surface area contributed by atoms with Crippen molar-refractivity contribution >= 4 is 49.9 Å². The van der Waals surface area contributed by atoms with Crippen molar-refractivity contribution in [1.29, 1.82) is 0 Å². The second-order valence-corrected chi connectivity index (χ2v) is 7.48. The third-order valence-electron chi connectivity index (χ3n) is 3.50. The molecule has 4 nitrogen and oxygen atoms in total. The summed E-state index contributed by atoms with van der Waals surface area (Å²) in [6.45, 7) is 0. The molecule has 0 atom stereocenters. The number of rotatable bonds is 2. The molecule has 7 heteroatoms. The predicted octanol–water partition coefficient (Wildman–Crippen LogP) is 3.78. The average Bonchev–Trinajstić information content (AvgIpc) is 3.10. The van der Waals surface area contributed by atoms with Gasteiger partial charge in [-0.05, 0) is 48.0 Å². The largest absolute Gasteiger partial charge is 0.276 e. The van der Waals surface area contributed by atoms with Crippen LogP contribution in [0.2, 0.25) is 5.02 Å². The van der Waals surface area contributed by atoms with Gasteiger partial charge in [-0.25, -0.2) is 4.40 Å². The first-order valence-corrected chi connectivity index (χ1v) is 9.02. The first kappa shape index (κ1) is 15.5. The van der Waals surface area contributed by atoms with Crippen LogP contribution in [-0.4, -0.2) is 14.6 Å². The topological polar surface area (TPSA) is 47.3 Å². The van der Waals surface area contributed by atoms with Gasteiger partial charge in [0, 0.05) is 15.1 Å². The van der Waals surface area contributed by atoms with Crippen LogP contribution in [0.1, 0.15) is 5.56 Å². The number of hydrogen-bond acceptors (Lipinski definition) is 4. The Morgan fingerprint density at radius 3 is 2.67 bits per heavy atom. The molecule has 4 rings (SSSR count). The quantitative estimate of drug-likeness (QED) is 0.498.